The van der Waals surface area contributed by atoms with E-state index in [0.29, 0.717) is 22.9 Å². The van der Waals surface area contributed by atoms with Crippen LogP contribution in [0.1, 0.15) is 18.4 Å². The number of halogens is 1. The lowest BCUT2D eigenvalue weighted by Gasteiger charge is -2.03. The van der Waals surface area contributed by atoms with Gasteiger partial charge in [0.1, 0.15) is 5.82 Å². The van der Waals surface area contributed by atoms with Gasteiger partial charge in [-0.3, -0.25) is 4.79 Å². The molecule has 2 aromatic carbocycles. The number of hydrogen-bond donors (Lipinski definition) is 1. The molecule has 25 heavy (non-hydrogen) atoms. The Labute approximate surface area is 144 Å². The Morgan fingerprint density at radius 1 is 1.12 bits per heavy atom. The molecule has 1 N–H and O–H groups in total. The van der Waals surface area contributed by atoms with Crippen LogP contribution in [0.5, 0.6) is 0 Å². The number of aromatic nitrogens is 2. The number of hydrogen-bond acceptors (Lipinski definition) is 4. The van der Waals surface area contributed by atoms with E-state index in [2.05, 4.69) is 15.5 Å². The van der Waals surface area contributed by atoms with Crippen LogP contribution < -0.4 is 5.32 Å². The first-order valence-electron chi connectivity index (χ1n) is 7.72. The van der Waals surface area contributed by atoms with Crippen molar-refractivity contribution in [1.29, 1.82) is 0 Å². The van der Waals surface area contributed by atoms with Crippen molar-refractivity contribution in [3.8, 4) is 11.5 Å². The molecule has 0 aliphatic rings. The van der Waals surface area contributed by atoms with Crippen molar-refractivity contribution in [3.05, 3.63) is 77.4 Å². The smallest absolute Gasteiger partial charge is 0.247 e. The molecular weight excluding hydrogens is 321 g/mol. The zero-order chi connectivity index (χ0) is 17.6. The summed E-state index contributed by atoms with van der Waals surface area (Å²) in [4.78, 5) is 12.1. The molecule has 3 rings (SSSR count). The molecule has 0 bridgehead atoms. The maximum atomic E-state index is 13.6. The molecule has 0 aliphatic carbocycles. The molecule has 0 unspecified atom stereocenters. The van der Waals surface area contributed by atoms with Crippen LogP contribution in [0.15, 0.2) is 64.6 Å². The van der Waals surface area contributed by atoms with Crippen molar-refractivity contribution in [2.45, 2.75) is 13.5 Å². The van der Waals surface area contributed by atoms with Crippen LogP contribution >= 0.6 is 0 Å². The van der Waals surface area contributed by atoms with E-state index >= 15 is 0 Å². The predicted molar refractivity (Wildman–Crippen MR) is 91.6 cm³/mol. The van der Waals surface area contributed by atoms with Gasteiger partial charge in [-0.2, -0.15) is 0 Å². The van der Waals surface area contributed by atoms with Crippen molar-refractivity contribution >= 4 is 12.0 Å². The summed E-state index contributed by atoms with van der Waals surface area (Å²) in [5, 5.41) is 10.5. The summed E-state index contributed by atoms with van der Waals surface area (Å²) >= 11 is 0. The molecule has 0 saturated carbocycles. The predicted octanol–water partition coefficient (Wildman–Crippen LogP) is 3.60. The highest BCUT2D eigenvalue weighted by molar-refractivity contribution is 5.97. The van der Waals surface area contributed by atoms with Crippen molar-refractivity contribution in [2.24, 2.45) is 0 Å². The monoisotopic (exact) mass is 337 g/mol. The summed E-state index contributed by atoms with van der Waals surface area (Å²) in [7, 11) is 0. The van der Waals surface area contributed by atoms with Crippen LogP contribution in [0, 0.1) is 5.82 Å². The van der Waals surface area contributed by atoms with E-state index in [1.807, 2.05) is 30.3 Å². The van der Waals surface area contributed by atoms with Crippen LogP contribution in [0.25, 0.3) is 17.5 Å². The lowest BCUT2D eigenvalue weighted by Crippen LogP contribution is -2.23. The highest BCUT2D eigenvalue weighted by atomic mass is 19.1. The van der Waals surface area contributed by atoms with Crippen LogP contribution in [-0.2, 0) is 11.3 Å². The second kappa shape index (κ2) is 7.53. The maximum absolute atomic E-state index is 13.6. The molecule has 0 saturated heterocycles. The Bertz CT molecular complexity index is 904. The first-order valence-corrected chi connectivity index (χ1v) is 7.72. The molecule has 5 nitrogen and oxygen atoms in total. The first-order chi connectivity index (χ1) is 12.1. The topological polar surface area (TPSA) is 68.0 Å². The lowest BCUT2D eigenvalue weighted by molar-refractivity contribution is -0.117. The summed E-state index contributed by atoms with van der Waals surface area (Å²) in [5.74, 6) is -0.0175. The highest BCUT2D eigenvalue weighted by Crippen LogP contribution is 2.17. The fraction of sp³-hybridized carbons (Fsp3) is 0.105. The van der Waals surface area contributed by atoms with Crippen LogP contribution in [0.4, 0.5) is 4.39 Å². The maximum Gasteiger partial charge on any atom is 0.247 e. The summed E-state index contributed by atoms with van der Waals surface area (Å²) in [6, 6.07) is 15.6. The van der Waals surface area contributed by atoms with Crippen LogP contribution in [-0.4, -0.2) is 16.1 Å². The van der Waals surface area contributed by atoms with Crippen molar-refractivity contribution in [1.82, 2.24) is 15.5 Å². The molecule has 6 heteroatoms. The molecule has 3 aromatic rings. The van der Waals surface area contributed by atoms with Gasteiger partial charge in [0.25, 0.3) is 0 Å². The normalized spacial score (nSPS) is 11.4. The largest absolute Gasteiger partial charge is 0.419 e. The van der Waals surface area contributed by atoms with Crippen molar-refractivity contribution < 1.29 is 13.6 Å². The second-order valence-corrected chi connectivity index (χ2v) is 5.40. The fourth-order valence-corrected chi connectivity index (χ4v) is 2.21. The van der Waals surface area contributed by atoms with Gasteiger partial charge in [0, 0.05) is 16.7 Å². The summed E-state index contributed by atoms with van der Waals surface area (Å²) in [6.45, 7) is 1.71. The summed E-state index contributed by atoms with van der Waals surface area (Å²) < 4.78 is 19.1. The quantitative estimate of drug-likeness (QED) is 0.722. The number of carbonyl (C=O) groups is 1. The minimum absolute atomic E-state index is 0.0983. The molecular formula is C19H16FN3O2. The van der Waals surface area contributed by atoms with Gasteiger partial charge >= 0.3 is 0 Å². The lowest BCUT2D eigenvalue weighted by atomic mass is 10.1. The van der Waals surface area contributed by atoms with Gasteiger partial charge in [0.15, 0.2) is 0 Å². The Morgan fingerprint density at radius 3 is 2.60 bits per heavy atom. The van der Waals surface area contributed by atoms with E-state index in [1.54, 1.807) is 25.1 Å². The number of nitrogens with one attached hydrogen (secondary N) is 1. The number of rotatable bonds is 5. The second-order valence-electron chi connectivity index (χ2n) is 5.40. The zero-order valence-corrected chi connectivity index (χ0v) is 13.6. The summed E-state index contributed by atoms with van der Waals surface area (Å²) in [5.41, 5.74) is 1.55. The number of benzene rings is 2. The molecule has 0 spiro atoms. The Morgan fingerprint density at radius 2 is 1.84 bits per heavy atom. The van der Waals surface area contributed by atoms with Crippen LogP contribution in [0.2, 0.25) is 0 Å². The van der Waals surface area contributed by atoms with Gasteiger partial charge in [0.05, 0.1) is 6.54 Å². The first kappa shape index (κ1) is 16.6. The number of carbonyl (C=O) groups excluding carboxylic acids is 1. The van der Waals surface area contributed by atoms with Gasteiger partial charge in [-0.05, 0) is 31.2 Å². The minimum Gasteiger partial charge on any atom is -0.419 e. The van der Waals surface area contributed by atoms with E-state index < -0.39 is 0 Å². The number of nitrogens with zero attached hydrogens (tertiary/aromatic N) is 2. The van der Waals surface area contributed by atoms with E-state index in [-0.39, 0.29) is 18.3 Å². The zero-order valence-electron chi connectivity index (χ0n) is 13.6. The van der Waals surface area contributed by atoms with Gasteiger partial charge < -0.3 is 9.73 Å². The third-order valence-electron chi connectivity index (χ3n) is 3.52. The molecule has 0 fully saturated rings. The molecule has 126 valence electrons. The molecule has 1 aromatic heterocycles. The molecule has 0 atom stereocenters. The van der Waals surface area contributed by atoms with Crippen LogP contribution in [0.3, 0.4) is 0 Å². The molecule has 0 aliphatic heterocycles. The highest BCUT2D eigenvalue weighted by Gasteiger charge is 2.11. The van der Waals surface area contributed by atoms with Gasteiger partial charge in [0.2, 0.25) is 17.7 Å². The third kappa shape index (κ3) is 4.17. The van der Waals surface area contributed by atoms with Gasteiger partial charge in [-0.15, -0.1) is 10.2 Å². The van der Waals surface area contributed by atoms with Gasteiger partial charge in [-0.1, -0.05) is 36.4 Å². The fourth-order valence-electron chi connectivity index (χ4n) is 2.21. The molecule has 0 radical (unpaired) electrons. The van der Waals surface area contributed by atoms with E-state index in [0.717, 1.165) is 5.56 Å². The Hall–Kier alpha value is -3.28. The van der Waals surface area contributed by atoms with Crippen molar-refractivity contribution in [3.63, 3.8) is 0 Å². The van der Waals surface area contributed by atoms with E-state index in [9.17, 15) is 9.18 Å². The van der Waals surface area contributed by atoms with Crippen molar-refractivity contribution in [2.75, 3.05) is 0 Å². The molecule has 1 heterocycles. The Balaban J connectivity index is 1.63. The summed E-state index contributed by atoms with van der Waals surface area (Å²) in [6.07, 6.45) is 1.49. The standard InChI is InChI=1S/C19H16FN3O2/c1-13(11-15-9-5-6-10-16(15)20)18(24)21-12-17-22-23-19(25-17)14-7-3-2-4-8-14/h2-11H,12H2,1H3,(H,21,24)/b13-11+. The minimum atomic E-state index is -0.376. The molecule has 1 amide bonds. The number of amides is 1. The van der Waals surface area contributed by atoms with E-state index in [1.165, 1.54) is 12.1 Å². The SMILES string of the molecule is C/C(=C\c1ccccc1F)C(=O)NCc1nnc(-c2ccccc2)o1. The van der Waals surface area contributed by atoms with E-state index in [4.69, 9.17) is 4.42 Å². The van der Waals surface area contributed by atoms with Gasteiger partial charge in [-0.25, -0.2) is 4.39 Å². The third-order valence-corrected chi connectivity index (χ3v) is 3.52. The average molecular weight is 337 g/mol. The average Bonchev–Trinajstić information content (AvgIpc) is 3.11. The Kier molecular flexibility index (Phi) is 4.99.